The van der Waals surface area contributed by atoms with E-state index in [-0.39, 0.29) is 54.7 Å². The third kappa shape index (κ3) is 10.0. The number of amides is 2. The van der Waals surface area contributed by atoms with Gasteiger partial charge in [0.1, 0.15) is 18.1 Å². The molecular weight excluding hydrogens is 596 g/mol. The summed E-state index contributed by atoms with van der Waals surface area (Å²) >= 11 is 0. The van der Waals surface area contributed by atoms with E-state index in [0.717, 1.165) is 47.8 Å². The molecule has 13 nitrogen and oxygen atoms in total. The van der Waals surface area contributed by atoms with E-state index < -0.39 is 0 Å². The minimum absolute atomic E-state index is 0.0584. The molecule has 2 amide bonds. The Hall–Kier alpha value is -3.46. The van der Waals surface area contributed by atoms with Crippen LogP contribution in [0.25, 0.3) is 0 Å². The largest absolute Gasteiger partial charge is 0.497 e. The van der Waals surface area contributed by atoms with Crippen LogP contribution in [0.4, 0.5) is 5.69 Å². The van der Waals surface area contributed by atoms with Crippen LogP contribution < -0.4 is 19.7 Å². The average Bonchev–Trinajstić information content (AvgIpc) is 3.07. The van der Waals surface area contributed by atoms with Gasteiger partial charge in [-0.25, -0.2) is 0 Å². The number of unbranched alkanes of at least 4 members (excludes halogenated alkanes) is 1. The minimum Gasteiger partial charge on any atom is -0.497 e. The fraction of sp³-hybridized carbons (Fsp3) is 0.576. The van der Waals surface area contributed by atoms with Gasteiger partial charge < -0.3 is 34.1 Å². The van der Waals surface area contributed by atoms with E-state index in [1.165, 1.54) is 0 Å². The Bertz CT molecular complexity index is 1250. The molecule has 2 heterocycles. The number of fused-ring (bicyclic) bond motifs is 1. The zero-order chi connectivity index (χ0) is 32.9. The number of hydrogen-bond donors (Lipinski definition) is 3. The summed E-state index contributed by atoms with van der Waals surface area (Å²) < 4.78 is 23.2. The summed E-state index contributed by atoms with van der Waals surface area (Å²) in [6.45, 7) is 3.72. The Morgan fingerprint density at radius 1 is 1.07 bits per heavy atom. The predicted octanol–water partition coefficient (Wildman–Crippen LogP) is 3.52. The topological polar surface area (TPSA) is 142 Å². The van der Waals surface area contributed by atoms with Crippen LogP contribution >= 0.6 is 0 Å². The van der Waals surface area contributed by atoms with Crippen molar-refractivity contribution in [3.63, 3.8) is 0 Å². The molecule has 13 heteroatoms. The molecule has 2 aromatic carbocycles. The maximum atomic E-state index is 13.6. The molecular formula is C33H48N4O9. The summed E-state index contributed by atoms with van der Waals surface area (Å²) in [5, 5.41) is 19.9. The van der Waals surface area contributed by atoms with Crippen LogP contribution in [0.15, 0.2) is 42.5 Å². The Morgan fingerprint density at radius 2 is 1.87 bits per heavy atom. The fourth-order valence-electron chi connectivity index (χ4n) is 6.14. The number of likely N-dealkylation sites (tertiary alicyclic amines) is 1. The van der Waals surface area contributed by atoms with Gasteiger partial charge in [0, 0.05) is 58.7 Å². The standard InChI is InChI=1S/C33H48N4O9/c1-34-32(38)21-26-20-28(25-9-11-27(43-3)12-10-25)31(22-36(26)33(39)7-4-5-17-46-37(40)41)45-23-24-8-13-30-29(19-24)35(15-18-44-30)14-6-16-42-2/h8-13,19,26,28,31,40-41H,4-7,14-18,20-23H2,1-3H3,(H,34,38). The third-order valence-corrected chi connectivity index (χ3v) is 8.57. The number of rotatable bonds is 17. The first-order chi connectivity index (χ1) is 22.3. The van der Waals surface area contributed by atoms with E-state index in [2.05, 4.69) is 21.1 Å². The van der Waals surface area contributed by atoms with Crippen LogP contribution in [0.3, 0.4) is 0 Å². The summed E-state index contributed by atoms with van der Waals surface area (Å²) in [4.78, 5) is 34.9. The third-order valence-electron chi connectivity index (χ3n) is 8.57. The van der Waals surface area contributed by atoms with Crippen molar-refractivity contribution in [3.05, 3.63) is 53.6 Å². The average molecular weight is 645 g/mol. The molecule has 2 aliphatic rings. The van der Waals surface area contributed by atoms with E-state index in [1.807, 2.05) is 36.4 Å². The van der Waals surface area contributed by atoms with Crippen LogP contribution in [0.5, 0.6) is 11.5 Å². The SMILES string of the molecule is CNC(=O)CC1CC(c2ccc(OC)cc2)C(OCc2ccc3c(c2)N(CCCOC)CCO3)CN1C(=O)CCCCON(O)O. The molecule has 3 unspecified atom stereocenters. The van der Waals surface area contributed by atoms with Gasteiger partial charge >= 0.3 is 0 Å². The molecule has 254 valence electrons. The summed E-state index contributed by atoms with van der Waals surface area (Å²) in [6.07, 6.45) is 2.49. The number of hydrogen-bond acceptors (Lipinski definition) is 11. The van der Waals surface area contributed by atoms with Crippen molar-refractivity contribution < 1.29 is 43.8 Å². The molecule has 2 aliphatic heterocycles. The van der Waals surface area contributed by atoms with Crippen LogP contribution in [-0.4, -0.2) is 105 Å². The number of benzene rings is 2. The molecule has 1 saturated heterocycles. The van der Waals surface area contributed by atoms with Crippen molar-refractivity contribution in [3.8, 4) is 11.5 Å². The Morgan fingerprint density at radius 3 is 2.59 bits per heavy atom. The summed E-state index contributed by atoms with van der Waals surface area (Å²) in [5.41, 5.74) is 3.09. The van der Waals surface area contributed by atoms with Crippen LogP contribution in [-0.2, 0) is 30.5 Å². The summed E-state index contributed by atoms with van der Waals surface area (Å²) in [6, 6.07) is 13.7. The van der Waals surface area contributed by atoms with Gasteiger partial charge in [-0.2, -0.15) is 0 Å². The Labute approximate surface area is 270 Å². The van der Waals surface area contributed by atoms with E-state index in [0.29, 0.717) is 45.6 Å². The van der Waals surface area contributed by atoms with E-state index >= 15 is 0 Å². The zero-order valence-electron chi connectivity index (χ0n) is 27.1. The molecule has 0 bridgehead atoms. The van der Waals surface area contributed by atoms with E-state index in [4.69, 9.17) is 29.4 Å². The lowest BCUT2D eigenvalue weighted by Gasteiger charge is -2.44. The van der Waals surface area contributed by atoms with E-state index in [1.54, 1.807) is 26.2 Å². The number of nitrogens with zero attached hydrogens (tertiary/aromatic N) is 3. The summed E-state index contributed by atoms with van der Waals surface area (Å²) in [5.74, 6) is 1.31. The van der Waals surface area contributed by atoms with Gasteiger partial charge in [-0.3, -0.25) is 24.8 Å². The monoisotopic (exact) mass is 644 g/mol. The number of methoxy groups -OCH3 is 2. The van der Waals surface area contributed by atoms with Gasteiger partial charge in [0.2, 0.25) is 11.8 Å². The number of anilines is 1. The number of carbonyl (C=O) groups excluding carboxylic acids is 2. The zero-order valence-corrected chi connectivity index (χ0v) is 27.1. The molecule has 0 spiro atoms. The van der Waals surface area contributed by atoms with Gasteiger partial charge in [-0.05, 0) is 61.1 Å². The van der Waals surface area contributed by atoms with Gasteiger partial charge in [0.05, 0.1) is 44.0 Å². The highest BCUT2D eigenvalue weighted by atomic mass is 17.1. The van der Waals surface area contributed by atoms with E-state index in [9.17, 15) is 9.59 Å². The molecule has 3 N–H and O–H groups in total. The van der Waals surface area contributed by atoms with Crippen LogP contribution in [0.1, 0.15) is 55.6 Å². The maximum absolute atomic E-state index is 13.6. The highest BCUT2D eigenvalue weighted by molar-refractivity contribution is 5.80. The van der Waals surface area contributed by atoms with Crippen LogP contribution in [0, 0.1) is 0 Å². The van der Waals surface area contributed by atoms with Gasteiger partial charge in [0.15, 0.2) is 0 Å². The number of piperidine rings is 1. The molecule has 3 atom stereocenters. The van der Waals surface area contributed by atoms with Crippen molar-refractivity contribution in [1.82, 2.24) is 15.6 Å². The van der Waals surface area contributed by atoms with Gasteiger partial charge in [0.25, 0.3) is 0 Å². The molecule has 1 fully saturated rings. The molecule has 4 rings (SSSR count). The van der Waals surface area contributed by atoms with Crippen molar-refractivity contribution in [2.45, 2.75) is 63.2 Å². The van der Waals surface area contributed by atoms with Crippen molar-refractivity contribution in [2.75, 3.05) is 65.6 Å². The minimum atomic E-state index is -0.332. The normalized spacial score (nSPS) is 19.5. The number of nitrogens with one attached hydrogen (secondary N) is 1. The smallest absolute Gasteiger partial charge is 0.222 e. The first-order valence-corrected chi connectivity index (χ1v) is 15.9. The lowest BCUT2D eigenvalue weighted by molar-refractivity contribution is -0.492. The first kappa shape index (κ1) is 35.4. The highest BCUT2D eigenvalue weighted by Crippen LogP contribution is 2.38. The second kappa shape index (κ2) is 18.0. The number of ether oxygens (including phenoxy) is 4. The second-order valence-electron chi connectivity index (χ2n) is 11.6. The molecule has 0 aromatic heterocycles. The number of carbonyl (C=O) groups is 2. The lowest BCUT2D eigenvalue weighted by atomic mass is 9.81. The first-order valence-electron chi connectivity index (χ1n) is 15.9. The van der Waals surface area contributed by atoms with Crippen molar-refractivity contribution in [1.29, 1.82) is 0 Å². The summed E-state index contributed by atoms with van der Waals surface area (Å²) in [7, 11) is 4.93. The Balaban J connectivity index is 1.53. The molecule has 0 radical (unpaired) electrons. The Kier molecular flexibility index (Phi) is 13.9. The molecule has 0 aliphatic carbocycles. The highest BCUT2D eigenvalue weighted by Gasteiger charge is 2.40. The maximum Gasteiger partial charge on any atom is 0.222 e. The quantitative estimate of drug-likeness (QED) is 0.172. The van der Waals surface area contributed by atoms with Gasteiger partial charge in [-0.1, -0.05) is 18.2 Å². The second-order valence-corrected chi connectivity index (χ2v) is 11.6. The van der Waals surface area contributed by atoms with Crippen LogP contribution in [0.2, 0.25) is 0 Å². The van der Waals surface area contributed by atoms with Crippen molar-refractivity contribution >= 4 is 17.5 Å². The predicted molar refractivity (Wildman–Crippen MR) is 169 cm³/mol. The molecule has 2 aromatic rings. The molecule has 46 heavy (non-hydrogen) atoms. The van der Waals surface area contributed by atoms with Crippen molar-refractivity contribution in [2.24, 2.45) is 0 Å². The van der Waals surface area contributed by atoms with Gasteiger partial charge in [-0.15, -0.1) is 0 Å². The molecule has 0 saturated carbocycles. The lowest BCUT2D eigenvalue weighted by Crippen LogP contribution is -2.53. The fourth-order valence-corrected chi connectivity index (χ4v) is 6.14.